The van der Waals surface area contributed by atoms with Crippen LogP contribution in [0.5, 0.6) is 0 Å². The van der Waals surface area contributed by atoms with Gasteiger partial charge in [-0.3, -0.25) is 19.0 Å². The van der Waals surface area contributed by atoms with Gasteiger partial charge in [0, 0.05) is 19.6 Å². The number of aromatic nitrogens is 2. The van der Waals surface area contributed by atoms with Gasteiger partial charge in [-0.2, -0.15) is 0 Å². The molecule has 0 saturated carbocycles. The Labute approximate surface area is 164 Å². The van der Waals surface area contributed by atoms with Crippen molar-refractivity contribution < 1.29 is 14.3 Å². The van der Waals surface area contributed by atoms with E-state index in [0.717, 1.165) is 18.4 Å². The zero-order chi connectivity index (χ0) is 20.3. The van der Waals surface area contributed by atoms with Crippen molar-refractivity contribution in [2.45, 2.75) is 52.7 Å². The van der Waals surface area contributed by atoms with Gasteiger partial charge in [0.25, 0.3) is 11.5 Å². The van der Waals surface area contributed by atoms with Crippen LogP contribution in [-0.2, 0) is 20.9 Å². The number of piperidine rings is 1. The maximum absolute atomic E-state index is 12.6. The molecule has 0 radical (unpaired) electrons. The van der Waals surface area contributed by atoms with Gasteiger partial charge in [0.1, 0.15) is 0 Å². The number of hydrogen-bond acceptors (Lipinski definition) is 5. The van der Waals surface area contributed by atoms with Crippen molar-refractivity contribution in [2.75, 3.05) is 13.1 Å². The van der Waals surface area contributed by atoms with Crippen LogP contribution in [-0.4, -0.2) is 45.5 Å². The lowest BCUT2D eigenvalue weighted by Crippen LogP contribution is -2.44. The maximum Gasteiger partial charge on any atom is 0.308 e. The van der Waals surface area contributed by atoms with Gasteiger partial charge < -0.3 is 9.64 Å². The molecule has 1 aromatic heterocycles. The predicted octanol–water partition coefficient (Wildman–Crippen LogP) is 2.29. The molecule has 1 atom stereocenters. The number of carbonyl (C=O) groups is 2. The first kappa shape index (κ1) is 20.0. The van der Waals surface area contributed by atoms with E-state index in [4.69, 9.17) is 4.74 Å². The largest absolute Gasteiger partial charge is 0.452 e. The molecule has 7 nitrogen and oxygen atoms in total. The van der Waals surface area contributed by atoms with E-state index in [1.54, 1.807) is 17.9 Å². The first-order valence-corrected chi connectivity index (χ1v) is 9.80. The quantitative estimate of drug-likeness (QED) is 0.738. The summed E-state index contributed by atoms with van der Waals surface area (Å²) in [6, 6.07) is 5.44. The van der Waals surface area contributed by atoms with Gasteiger partial charge in [-0.15, -0.1) is 0 Å². The highest BCUT2D eigenvalue weighted by Crippen LogP contribution is 2.17. The van der Waals surface area contributed by atoms with Crippen molar-refractivity contribution >= 4 is 22.8 Å². The summed E-state index contributed by atoms with van der Waals surface area (Å²) < 4.78 is 6.70. The molecule has 0 spiro atoms. The molecule has 2 heterocycles. The third-order valence-corrected chi connectivity index (χ3v) is 5.36. The van der Waals surface area contributed by atoms with E-state index in [-0.39, 0.29) is 24.4 Å². The molecule has 150 valence electrons. The van der Waals surface area contributed by atoms with E-state index in [1.165, 1.54) is 10.9 Å². The molecule has 2 aromatic rings. The standard InChI is InChI=1S/C21H27N3O4/c1-14-7-10-23(11-8-14)20(26)16(3)28-18(25)9-12-24-13-22-19-15(2)5-4-6-17(19)21(24)27/h4-6,13-14,16H,7-12H2,1-3H3. The van der Waals surface area contributed by atoms with E-state index < -0.39 is 12.1 Å². The highest BCUT2D eigenvalue weighted by Gasteiger charge is 2.26. The first-order chi connectivity index (χ1) is 13.4. The average molecular weight is 385 g/mol. The minimum Gasteiger partial charge on any atom is -0.452 e. The zero-order valence-corrected chi connectivity index (χ0v) is 16.7. The summed E-state index contributed by atoms with van der Waals surface area (Å²) >= 11 is 0. The normalized spacial score (nSPS) is 16.2. The Hall–Kier alpha value is -2.70. The zero-order valence-electron chi connectivity index (χ0n) is 16.7. The second kappa shape index (κ2) is 8.54. The molecule has 0 N–H and O–H groups in total. The van der Waals surface area contributed by atoms with Crippen molar-refractivity contribution in [3.8, 4) is 0 Å². The van der Waals surface area contributed by atoms with Crippen molar-refractivity contribution in [2.24, 2.45) is 5.92 Å². The van der Waals surface area contributed by atoms with Gasteiger partial charge in [0.15, 0.2) is 6.10 Å². The number of aryl methyl sites for hydroxylation is 2. The summed E-state index contributed by atoms with van der Waals surface area (Å²) in [5.41, 5.74) is 1.41. The molecular weight excluding hydrogens is 358 g/mol. The van der Waals surface area contributed by atoms with Crippen LogP contribution in [0.4, 0.5) is 0 Å². The summed E-state index contributed by atoms with van der Waals surface area (Å²) in [5, 5.41) is 0.527. The number of esters is 1. The number of fused-ring (bicyclic) bond motifs is 1. The molecule has 0 bridgehead atoms. The smallest absolute Gasteiger partial charge is 0.308 e. The molecule has 28 heavy (non-hydrogen) atoms. The Kier molecular flexibility index (Phi) is 6.11. The minimum atomic E-state index is -0.810. The number of hydrogen-bond donors (Lipinski definition) is 0. The number of rotatable bonds is 5. The lowest BCUT2D eigenvalue weighted by atomic mass is 9.99. The van der Waals surface area contributed by atoms with Gasteiger partial charge in [-0.05, 0) is 44.2 Å². The Morgan fingerprint density at radius 1 is 1.29 bits per heavy atom. The number of benzene rings is 1. The van der Waals surface area contributed by atoms with Gasteiger partial charge in [0.2, 0.25) is 0 Å². The van der Waals surface area contributed by atoms with Crippen LogP contribution >= 0.6 is 0 Å². The summed E-state index contributed by atoms with van der Waals surface area (Å²) in [6.45, 7) is 7.26. The molecule has 0 aliphatic carbocycles. The van der Waals surface area contributed by atoms with Crippen LogP contribution in [0, 0.1) is 12.8 Å². The Bertz CT molecular complexity index is 929. The lowest BCUT2D eigenvalue weighted by Gasteiger charge is -2.31. The van der Waals surface area contributed by atoms with E-state index in [1.807, 2.05) is 19.1 Å². The van der Waals surface area contributed by atoms with Crippen LogP contribution < -0.4 is 5.56 Å². The third-order valence-electron chi connectivity index (χ3n) is 5.36. The molecule has 1 saturated heterocycles. The lowest BCUT2D eigenvalue weighted by molar-refractivity contribution is -0.159. The molecule has 1 aromatic carbocycles. The molecule has 1 aliphatic rings. The monoisotopic (exact) mass is 385 g/mol. The molecule has 1 fully saturated rings. The van der Waals surface area contributed by atoms with Crippen molar-refractivity contribution in [3.63, 3.8) is 0 Å². The number of nitrogens with zero attached hydrogens (tertiary/aromatic N) is 3. The fraction of sp³-hybridized carbons (Fsp3) is 0.524. The highest BCUT2D eigenvalue weighted by atomic mass is 16.5. The highest BCUT2D eigenvalue weighted by molar-refractivity contribution is 5.83. The van der Waals surface area contributed by atoms with Crippen LogP contribution in [0.3, 0.4) is 0 Å². The van der Waals surface area contributed by atoms with E-state index in [2.05, 4.69) is 11.9 Å². The number of likely N-dealkylation sites (tertiary alicyclic amines) is 1. The van der Waals surface area contributed by atoms with Crippen LogP contribution in [0.2, 0.25) is 0 Å². The second-order valence-corrected chi connectivity index (χ2v) is 7.60. The van der Waals surface area contributed by atoms with Gasteiger partial charge in [0.05, 0.1) is 23.7 Å². The fourth-order valence-electron chi connectivity index (χ4n) is 3.50. The van der Waals surface area contributed by atoms with E-state index in [9.17, 15) is 14.4 Å². The molecule has 7 heteroatoms. The van der Waals surface area contributed by atoms with Crippen molar-refractivity contribution in [1.82, 2.24) is 14.5 Å². The molecular formula is C21H27N3O4. The maximum atomic E-state index is 12.6. The fourth-order valence-corrected chi connectivity index (χ4v) is 3.50. The van der Waals surface area contributed by atoms with Gasteiger partial charge in [-0.1, -0.05) is 19.1 Å². The summed E-state index contributed by atoms with van der Waals surface area (Å²) in [6.07, 6.45) is 2.60. The Balaban J connectivity index is 1.57. The summed E-state index contributed by atoms with van der Waals surface area (Å²) in [7, 11) is 0. The van der Waals surface area contributed by atoms with Crippen molar-refractivity contribution in [1.29, 1.82) is 0 Å². The average Bonchev–Trinajstić information content (AvgIpc) is 2.68. The summed E-state index contributed by atoms with van der Waals surface area (Å²) in [5.74, 6) is -0.0256. The van der Waals surface area contributed by atoms with Gasteiger partial charge >= 0.3 is 5.97 Å². The van der Waals surface area contributed by atoms with Crippen LogP contribution in [0.25, 0.3) is 10.9 Å². The van der Waals surface area contributed by atoms with Crippen molar-refractivity contribution in [3.05, 3.63) is 40.4 Å². The third kappa shape index (κ3) is 4.40. The molecule has 1 amide bonds. The number of carbonyl (C=O) groups excluding carboxylic acids is 2. The predicted molar refractivity (Wildman–Crippen MR) is 106 cm³/mol. The summed E-state index contributed by atoms with van der Waals surface area (Å²) in [4.78, 5) is 43.3. The topological polar surface area (TPSA) is 81.5 Å². The number of ether oxygens (including phenoxy) is 1. The van der Waals surface area contributed by atoms with E-state index in [0.29, 0.717) is 29.9 Å². The molecule has 1 unspecified atom stereocenters. The number of amides is 1. The number of para-hydroxylation sites is 1. The Morgan fingerprint density at radius 3 is 2.71 bits per heavy atom. The first-order valence-electron chi connectivity index (χ1n) is 9.80. The Morgan fingerprint density at radius 2 is 2.00 bits per heavy atom. The molecule has 1 aliphatic heterocycles. The van der Waals surface area contributed by atoms with Crippen LogP contribution in [0.1, 0.15) is 38.7 Å². The molecule has 3 rings (SSSR count). The van der Waals surface area contributed by atoms with Crippen LogP contribution in [0.15, 0.2) is 29.3 Å². The second-order valence-electron chi connectivity index (χ2n) is 7.60. The van der Waals surface area contributed by atoms with E-state index >= 15 is 0 Å². The van der Waals surface area contributed by atoms with Gasteiger partial charge in [-0.25, -0.2) is 4.98 Å². The SMILES string of the molecule is Cc1cccc2c(=O)n(CCC(=O)OC(C)C(=O)N3CCC(C)CC3)cnc12. The minimum absolute atomic E-state index is 0.00750.